The Morgan fingerprint density at radius 3 is 2.98 bits per heavy atom. The topological polar surface area (TPSA) is 105 Å². The van der Waals surface area contributed by atoms with Crippen molar-refractivity contribution in [1.82, 2.24) is 38.7 Å². The molecule has 1 aliphatic rings. The van der Waals surface area contributed by atoms with Gasteiger partial charge in [-0.2, -0.15) is 9.47 Å². The van der Waals surface area contributed by atoms with Crippen LogP contribution in [0.3, 0.4) is 0 Å². The smallest absolute Gasteiger partial charge is 0.242 e. The van der Waals surface area contributed by atoms with E-state index in [4.69, 9.17) is 16.6 Å². The van der Waals surface area contributed by atoms with E-state index < -0.39 is 5.82 Å². The largest absolute Gasteiger partial charge is 0.350 e. The molecule has 0 bridgehead atoms. The molecule has 1 saturated heterocycles. The Morgan fingerprint density at radius 2 is 2.14 bits per heavy atom. The van der Waals surface area contributed by atoms with Crippen LogP contribution in [0.15, 0.2) is 49.1 Å². The molecule has 1 amide bonds. The molecule has 10 nitrogen and oxygen atoms in total. The molecule has 1 aliphatic heterocycles. The molecule has 0 spiro atoms. The predicted molar refractivity (Wildman–Crippen MR) is 161 cm³/mol. The van der Waals surface area contributed by atoms with Crippen molar-refractivity contribution >= 4 is 45.5 Å². The quantitative estimate of drug-likeness (QED) is 0.230. The summed E-state index contributed by atoms with van der Waals surface area (Å²) in [4.78, 5) is 24.3. The standard InChI is InChI=1S/C29H31ClFN9OS/c1-18-5-4-8-38(13-18)16-21-9-27(42-37-21)36-28-29-33-12-25(40(29)14-19(2)35-28)20-10-34-39(15-20)17-26(41)32-11-22-23(30)6-3-7-24(22)31/h3,6-7,9-10,12,14-15,18H,4-5,8,11,13,16-17H2,1-2H3,(H,32,41)(H,35,36). The number of nitrogens with one attached hydrogen (secondary N) is 2. The van der Waals surface area contributed by atoms with Crippen LogP contribution >= 0.6 is 23.1 Å². The first-order valence-electron chi connectivity index (χ1n) is 13.8. The van der Waals surface area contributed by atoms with Crippen molar-refractivity contribution in [3.63, 3.8) is 0 Å². The summed E-state index contributed by atoms with van der Waals surface area (Å²) < 4.78 is 22.2. The number of benzene rings is 1. The van der Waals surface area contributed by atoms with Gasteiger partial charge in [0.05, 0.1) is 29.5 Å². The molecule has 5 aromatic rings. The van der Waals surface area contributed by atoms with Gasteiger partial charge in [-0.25, -0.2) is 14.4 Å². The minimum atomic E-state index is -0.460. The number of hydrogen-bond acceptors (Lipinski definition) is 8. The van der Waals surface area contributed by atoms with Crippen molar-refractivity contribution in [2.75, 3.05) is 18.4 Å². The Labute approximate surface area is 251 Å². The van der Waals surface area contributed by atoms with E-state index >= 15 is 0 Å². The lowest BCUT2D eigenvalue weighted by atomic mass is 10.0. The van der Waals surface area contributed by atoms with Gasteiger partial charge in [0.25, 0.3) is 0 Å². The van der Waals surface area contributed by atoms with Crippen LogP contribution in [0.2, 0.25) is 5.02 Å². The molecular formula is C29H31ClFN9OS. The van der Waals surface area contributed by atoms with E-state index in [1.54, 1.807) is 24.7 Å². The maximum Gasteiger partial charge on any atom is 0.242 e. The number of hydrogen-bond donors (Lipinski definition) is 2. The lowest BCUT2D eigenvalue weighted by Gasteiger charge is -2.30. The summed E-state index contributed by atoms with van der Waals surface area (Å²) in [7, 11) is 0. The van der Waals surface area contributed by atoms with Crippen LogP contribution in [0.1, 0.15) is 36.7 Å². The summed E-state index contributed by atoms with van der Waals surface area (Å²) in [5.41, 5.74) is 4.39. The molecule has 1 unspecified atom stereocenters. The number of aryl methyl sites for hydroxylation is 1. The van der Waals surface area contributed by atoms with Crippen molar-refractivity contribution in [2.45, 2.75) is 46.3 Å². The molecule has 218 valence electrons. The maximum atomic E-state index is 14.0. The fourth-order valence-corrected chi connectivity index (χ4v) is 6.19. The third-order valence-corrected chi connectivity index (χ3v) is 8.40. The average molecular weight is 608 g/mol. The third-order valence-electron chi connectivity index (χ3n) is 7.30. The van der Waals surface area contributed by atoms with E-state index in [0.717, 1.165) is 53.2 Å². The second-order valence-corrected chi connectivity index (χ2v) is 12.0. The Balaban J connectivity index is 1.14. The zero-order chi connectivity index (χ0) is 29.2. The number of carbonyl (C=O) groups is 1. The van der Waals surface area contributed by atoms with Gasteiger partial charge in [-0.3, -0.25) is 18.8 Å². The molecule has 6 rings (SSSR count). The van der Waals surface area contributed by atoms with E-state index in [1.165, 1.54) is 41.2 Å². The van der Waals surface area contributed by atoms with Gasteiger partial charge < -0.3 is 10.6 Å². The van der Waals surface area contributed by atoms with Crippen LogP contribution in [0.5, 0.6) is 0 Å². The lowest BCUT2D eigenvalue weighted by molar-refractivity contribution is -0.122. The van der Waals surface area contributed by atoms with Crippen LogP contribution in [0.4, 0.5) is 15.2 Å². The van der Waals surface area contributed by atoms with Gasteiger partial charge in [0, 0.05) is 48.2 Å². The molecule has 4 aromatic heterocycles. The molecular weight excluding hydrogens is 577 g/mol. The van der Waals surface area contributed by atoms with Crippen LogP contribution < -0.4 is 10.6 Å². The SMILES string of the molecule is Cc1cn2c(-c3cnn(CC(=O)NCc4c(F)cccc4Cl)c3)cnc2c(Nc2cc(CN3CCCC(C)C3)ns2)n1. The fraction of sp³-hybridized carbons (Fsp3) is 0.345. The highest BCUT2D eigenvalue weighted by atomic mass is 35.5. The van der Waals surface area contributed by atoms with Gasteiger partial charge >= 0.3 is 0 Å². The molecule has 1 aromatic carbocycles. The number of aromatic nitrogens is 6. The first kappa shape index (κ1) is 28.3. The van der Waals surface area contributed by atoms with E-state index in [9.17, 15) is 9.18 Å². The highest BCUT2D eigenvalue weighted by Crippen LogP contribution is 2.28. The van der Waals surface area contributed by atoms with E-state index in [-0.39, 0.29) is 29.6 Å². The van der Waals surface area contributed by atoms with Crippen molar-refractivity contribution in [2.24, 2.45) is 5.92 Å². The highest BCUT2D eigenvalue weighted by Gasteiger charge is 2.19. The van der Waals surface area contributed by atoms with Crippen LogP contribution in [-0.4, -0.2) is 52.4 Å². The Kier molecular flexibility index (Phi) is 8.18. The zero-order valence-corrected chi connectivity index (χ0v) is 24.9. The number of likely N-dealkylation sites (tertiary alicyclic amines) is 1. The number of fused-ring (bicyclic) bond motifs is 1. The molecule has 13 heteroatoms. The molecule has 1 atom stereocenters. The normalized spacial score (nSPS) is 15.8. The number of piperidine rings is 1. The Bertz CT molecular complexity index is 1710. The number of nitrogens with zero attached hydrogens (tertiary/aromatic N) is 7. The van der Waals surface area contributed by atoms with Crippen molar-refractivity contribution in [3.8, 4) is 11.3 Å². The zero-order valence-electron chi connectivity index (χ0n) is 23.3. The van der Waals surface area contributed by atoms with Gasteiger partial charge in [-0.1, -0.05) is 24.6 Å². The van der Waals surface area contributed by atoms with Crippen molar-refractivity contribution in [3.05, 3.63) is 76.8 Å². The van der Waals surface area contributed by atoms with E-state index in [2.05, 4.69) is 43.0 Å². The molecule has 0 saturated carbocycles. The first-order chi connectivity index (χ1) is 20.3. The summed E-state index contributed by atoms with van der Waals surface area (Å²) in [6.45, 7) is 7.28. The minimum Gasteiger partial charge on any atom is -0.350 e. The average Bonchev–Trinajstić information content (AvgIpc) is 3.69. The van der Waals surface area contributed by atoms with Gasteiger partial charge in [-0.15, -0.1) is 0 Å². The van der Waals surface area contributed by atoms with Crippen LogP contribution in [-0.2, 0) is 24.4 Å². The van der Waals surface area contributed by atoms with Crippen LogP contribution in [0.25, 0.3) is 16.9 Å². The number of rotatable bonds is 9. The lowest BCUT2D eigenvalue weighted by Crippen LogP contribution is -2.33. The summed E-state index contributed by atoms with van der Waals surface area (Å²) in [6.07, 6.45) is 9.67. The minimum absolute atomic E-state index is 0.00745. The van der Waals surface area contributed by atoms with Gasteiger partial charge in [0.2, 0.25) is 5.91 Å². The van der Waals surface area contributed by atoms with E-state index in [1.807, 2.05) is 17.5 Å². The Morgan fingerprint density at radius 1 is 1.26 bits per heavy atom. The molecule has 2 N–H and O–H groups in total. The second-order valence-electron chi connectivity index (χ2n) is 10.8. The highest BCUT2D eigenvalue weighted by molar-refractivity contribution is 7.10. The molecule has 1 fully saturated rings. The summed E-state index contributed by atoms with van der Waals surface area (Å²) in [5.74, 6) is 0.594. The molecule has 5 heterocycles. The molecule has 0 aliphatic carbocycles. The van der Waals surface area contributed by atoms with Crippen molar-refractivity contribution in [1.29, 1.82) is 0 Å². The van der Waals surface area contributed by atoms with Gasteiger partial charge in [0.15, 0.2) is 11.5 Å². The first-order valence-corrected chi connectivity index (χ1v) is 15.0. The third kappa shape index (κ3) is 6.30. The van der Waals surface area contributed by atoms with Gasteiger partial charge in [-0.05, 0) is 62.0 Å². The number of imidazole rings is 1. The fourth-order valence-electron chi connectivity index (χ4n) is 5.30. The monoisotopic (exact) mass is 607 g/mol. The summed E-state index contributed by atoms with van der Waals surface area (Å²) >= 11 is 7.48. The van der Waals surface area contributed by atoms with Crippen LogP contribution in [0, 0.1) is 18.7 Å². The second kappa shape index (κ2) is 12.2. The Hall–Kier alpha value is -3.87. The summed E-state index contributed by atoms with van der Waals surface area (Å²) in [6, 6.07) is 6.51. The number of amides is 1. The number of halogens is 2. The number of carbonyl (C=O) groups excluding carboxylic acids is 1. The molecule has 0 radical (unpaired) electrons. The molecule has 42 heavy (non-hydrogen) atoms. The van der Waals surface area contributed by atoms with Gasteiger partial charge in [0.1, 0.15) is 17.4 Å². The summed E-state index contributed by atoms with van der Waals surface area (Å²) in [5, 5.41) is 11.7. The van der Waals surface area contributed by atoms with Crippen molar-refractivity contribution < 1.29 is 9.18 Å². The number of anilines is 2. The van der Waals surface area contributed by atoms with E-state index in [0.29, 0.717) is 11.5 Å². The maximum absolute atomic E-state index is 14.0. The predicted octanol–water partition coefficient (Wildman–Crippen LogP) is 5.44.